The Bertz CT molecular complexity index is 367. The van der Waals surface area contributed by atoms with E-state index in [9.17, 15) is 5.11 Å². The summed E-state index contributed by atoms with van der Waals surface area (Å²) in [6, 6.07) is 6.01. The van der Waals surface area contributed by atoms with Crippen LogP contribution in [-0.2, 0) is 6.54 Å². The van der Waals surface area contributed by atoms with E-state index in [0.29, 0.717) is 17.6 Å². The van der Waals surface area contributed by atoms with Gasteiger partial charge in [-0.05, 0) is 36.6 Å². The molecule has 0 fully saturated rings. The Balaban J connectivity index is 2.85. The Hall–Kier alpha value is -0.770. The summed E-state index contributed by atoms with van der Waals surface area (Å²) in [4.78, 5) is 2.27. The van der Waals surface area contributed by atoms with Crippen molar-refractivity contribution in [2.24, 2.45) is 0 Å². The molecule has 0 heterocycles. The van der Waals surface area contributed by atoms with Crippen molar-refractivity contribution in [1.82, 2.24) is 4.90 Å². The van der Waals surface area contributed by atoms with Gasteiger partial charge >= 0.3 is 0 Å². The van der Waals surface area contributed by atoms with E-state index in [1.165, 1.54) is 0 Å². The zero-order valence-corrected chi connectivity index (χ0v) is 12.0. The molecule has 0 atom stereocenters. The lowest BCUT2D eigenvalue weighted by Crippen LogP contribution is -2.36. The highest BCUT2D eigenvalue weighted by Crippen LogP contribution is 2.21. The first-order valence-electron chi connectivity index (χ1n) is 6.51. The predicted octanol–water partition coefficient (Wildman–Crippen LogP) is 2.91. The zero-order valence-electron chi connectivity index (χ0n) is 11.2. The lowest BCUT2D eigenvalue weighted by Gasteiger charge is -2.30. The van der Waals surface area contributed by atoms with Crippen molar-refractivity contribution in [3.8, 4) is 0 Å². The maximum Gasteiger partial charge on any atom is 0.0558 e. The van der Waals surface area contributed by atoms with E-state index in [-0.39, 0.29) is 6.61 Å². The summed E-state index contributed by atoms with van der Waals surface area (Å²) in [5, 5.41) is 9.88. The van der Waals surface area contributed by atoms with Crippen molar-refractivity contribution >= 4 is 17.3 Å². The largest absolute Gasteiger partial charge is 0.398 e. The highest BCUT2D eigenvalue weighted by molar-refractivity contribution is 6.30. The van der Waals surface area contributed by atoms with Crippen LogP contribution < -0.4 is 5.73 Å². The van der Waals surface area contributed by atoms with Crippen molar-refractivity contribution in [2.75, 3.05) is 18.9 Å². The first-order valence-corrected chi connectivity index (χ1v) is 6.88. The van der Waals surface area contributed by atoms with Crippen LogP contribution in [0.5, 0.6) is 0 Å². The van der Waals surface area contributed by atoms with Gasteiger partial charge in [0.05, 0.1) is 6.61 Å². The maximum absolute atomic E-state index is 9.18. The van der Waals surface area contributed by atoms with Crippen LogP contribution in [0.15, 0.2) is 18.2 Å². The van der Waals surface area contributed by atoms with Gasteiger partial charge in [0, 0.05) is 29.8 Å². The molecule has 102 valence electrons. The van der Waals surface area contributed by atoms with Gasteiger partial charge in [-0.2, -0.15) is 0 Å². The maximum atomic E-state index is 9.18. The molecule has 0 spiro atoms. The van der Waals surface area contributed by atoms with Crippen molar-refractivity contribution in [3.63, 3.8) is 0 Å². The van der Waals surface area contributed by atoms with Crippen LogP contribution in [0.1, 0.15) is 32.3 Å². The highest BCUT2D eigenvalue weighted by Gasteiger charge is 2.16. The second-order valence-electron chi connectivity index (χ2n) is 4.51. The van der Waals surface area contributed by atoms with Crippen LogP contribution in [0.2, 0.25) is 5.02 Å². The van der Waals surface area contributed by atoms with Crippen LogP contribution >= 0.6 is 11.6 Å². The molecule has 0 aliphatic heterocycles. The SMILES string of the molecule is CCC(CC)N(CCO)Cc1cc(Cl)ccc1N. The molecule has 0 aromatic heterocycles. The molecular weight excluding hydrogens is 248 g/mol. The molecule has 1 rings (SSSR count). The van der Waals surface area contributed by atoms with Gasteiger partial charge in [-0.1, -0.05) is 25.4 Å². The minimum atomic E-state index is 0.164. The Morgan fingerprint density at radius 1 is 1.33 bits per heavy atom. The predicted molar refractivity (Wildman–Crippen MR) is 77.7 cm³/mol. The summed E-state index contributed by atoms with van der Waals surface area (Å²) in [5.41, 5.74) is 7.76. The van der Waals surface area contributed by atoms with Crippen LogP contribution in [0.3, 0.4) is 0 Å². The smallest absolute Gasteiger partial charge is 0.0558 e. The lowest BCUT2D eigenvalue weighted by atomic mass is 10.1. The average Bonchev–Trinajstić information content (AvgIpc) is 2.35. The molecule has 0 aliphatic rings. The number of anilines is 1. The van der Waals surface area contributed by atoms with Gasteiger partial charge in [0.1, 0.15) is 0 Å². The van der Waals surface area contributed by atoms with Crippen molar-refractivity contribution in [1.29, 1.82) is 0 Å². The van der Waals surface area contributed by atoms with E-state index in [4.69, 9.17) is 17.3 Å². The molecule has 0 saturated carbocycles. The number of nitrogen functional groups attached to an aromatic ring is 1. The van der Waals surface area contributed by atoms with Crippen LogP contribution in [0.4, 0.5) is 5.69 Å². The van der Waals surface area contributed by atoms with Crippen LogP contribution in [0, 0.1) is 0 Å². The fourth-order valence-corrected chi connectivity index (χ4v) is 2.45. The Morgan fingerprint density at radius 3 is 2.56 bits per heavy atom. The van der Waals surface area contributed by atoms with E-state index in [1.54, 1.807) is 6.07 Å². The molecule has 0 amide bonds. The minimum Gasteiger partial charge on any atom is -0.398 e. The zero-order chi connectivity index (χ0) is 13.5. The monoisotopic (exact) mass is 270 g/mol. The van der Waals surface area contributed by atoms with Crippen molar-refractivity contribution < 1.29 is 5.11 Å². The van der Waals surface area contributed by atoms with Crippen molar-refractivity contribution in [2.45, 2.75) is 39.3 Å². The molecule has 4 heteroatoms. The number of hydrogen-bond acceptors (Lipinski definition) is 3. The molecule has 0 aliphatic carbocycles. The molecular formula is C14H23ClN2O. The lowest BCUT2D eigenvalue weighted by molar-refractivity contribution is 0.137. The Kier molecular flexibility index (Phi) is 6.47. The fraction of sp³-hybridized carbons (Fsp3) is 0.571. The second-order valence-corrected chi connectivity index (χ2v) is 4.94. The van der Waals surface area contributed by atoms with Gasteiger partial charge in [-0.3, -0.25) is 4.90 Å². The summed E-state index contributed by atoms with van der Waals surface area (Å²) in [6.07, 6.45) is 2.13. The third-order valence-corrected chi connectivity index (χ3v) is 3.56. The van der Waals surface area contributed by atoms with E-state index in [2.05, 4.69) is 18.7 Å². The van der Waals surface area contributed by atoms with E-state index < -0.39 is 0 Å². The number of aliphatic hydroxyl groups is 1. The summed E-state index contributed by atoms with van der Waals surface area (Å²) in [5.74, 6) is 0. The first-order chi connectivity index (χ1) is 8.62. The van der Waals surface area contributed by atoms with Gasteiger partial charge < -0.3 is 10.8 Å². The highest BCUT2D eigenvalue weighted by atomic mass is 35.5. The molecule has 1 aromatic carbocycles. The molecule has 0 saturated heterocycles. The van der Waals surface area contributed by atoms with E-state index >= 15 is 0 Å². The number of halogens is 1. The average molecular weight is 271 g/mol. The molecule has 18 heavy (non-hydrogen) atoms. The van der Waals surface area contributed by atoms with Crippen LogP contribution in [0.25, 0.3) is 0 Å². The number of rotatable bonds is 7. The number of hydrogen-bond donors (Lipinski definition) is 2. The molecule has 1 aromatic rings. The van der Waals surface area contributed by atoms with E-state index in [1.807, 2.05) is 12.1 Å². The Labute approximate surface area is 115 Å². The summed E-state index contributed by atoms with van der Waals surface area (Å²) in [6.45, 7) is 5.90. The number of benzene rings is 1. The number of nitrogens with zero attached hydrogens (tertiary/aromatic N) is 1. The van der Waals surface area contributed by atoms with E-state index in [0.717, 1.165) is 30.6 Å². The summed E-state index contributed by atoms with van der Waals surface area (Å²) >= 11 is 6.00. The van der Waals surface area contributed by atoms with Gasteiger partial charge in [0.25, 0.3) is 0 Å². The molecule has 3 nitrogen and oxygen atoms in total. The normalized spacial score (nSPS) is 11.4. The van der Waals surface area contributed by atoms with Gasteiger partial charge in [-0.15, -0.1) is 0 Å². The van der Waals surface area contributed by atoms with Gasteiger partial charge in [-0.25, -0.2) is 0 Å². The molecule has 0 radical (unpaired) electrons. The van der Waals surface area contributed by atoms with Gasteiger partial charge in [0.15, 0.2) is 0 Å². The standard InChI is InChI=1S/C14H23ClN2O/c1-3-13(4-2)17(7-8-18)10-11-9-12(15)5-6-14(11)16/h5-6,9,13,18H,3-4,7-8,10,16H2,1-2H3. The van der Waals surface area contributed by atoms with Crippen LogP contribution in [-0.4, -0.2) is 29.2 Å². The third kappa shape index (κ3) is 4.16. The summed E-state index contributed by atoms with van der Waals surface area (Å²) < 4.78 is 0. The van der Waals surface area contributed by atoms with Crippen molar-refractivity contribution in [3.05, 3.63) is 28.8 Å². The summed E-state index contributed by atoms with van der Waals surface area (Å²) in [7, 11) is 0. The first kappa shape index (κ1) is 15.3. The topological polar surface area (TPSA) is 49.5 Å². The quantitative estimate of drug-likeness (QED) is 0.749. The number of nitrogens with two attached hydrogens (primary N) is 1. The molecule has 0 bridgehead atoms. The van der Waals surface area contributed by atoms with Gasteiger partial charge in [0.2, 0.25) is 0 Å². The third-order valence-electron chi connectivity index (χ3n) is 3.32. The Morgan fingerprint density at radius 2 is 2.00 bits per heavy atom. The minimum absolute atomic E-state index is 0.164. The molecule has 0 unspecified atom stereocenters. The molecule has 3 N–H and O–H groups in total. The number of aliphatic hydroxyl groups excluding tert-OH is 1. The second kappa shape index (κ2) is 7.62. The fourth-order valence-electron chi connectivity index (χ4n) is 2.25.